The second kappa shape index (κ2) is 5.89. The monoisotopic (exact) mass is 333 g/mol. The van der Waals surface area contributed by atoms with Crippen LogP contribution >= 0.6 is 27.5 Å². The highest BCUT2D eigenvalue weighted by Crippen LogP contribution is 2.48. The lowest BCUT2D eigenvalue weighted by Gasteiger charge is -2.20. The van der Waals surface area contributed by atoms with E-state index in [1.54, 1.807) is 6.07 Å². The number of halogens is 3. The first-order chi connectivity index (χ1) is 8.54. The second-order valence-electron chi connectivity index (χ2n) is 5.10. The first-order valence-corrected chi connectivity index (χ1v) is 7.59. The van der Waals surface area contributed by atoms with Crippen molar-refractivity contribution < 1.29 is 4.39 Å². The van der Waals surface area contributed by atoms with Crippen LogP contribution in [-0.2, 0) is 0 Å². The third kappa shape index (κ3) is 3.06. The molecule has 0 saturated heterocycles. The predicted molar refractivity (Wildman–Crippen MR) is 77.4 cm³/mol. The topological polar surface area (TPSA) is 12.0 Å². The number of benzene rings is 1. The lowest BCUT2D eigenvalue weighted by Crippen LogP contribution is -2.25. The van der Waals surface area contributed by atoms with Crippen LogP contribution in [0.5, 0.6) is 0 Å². The number of hydrogen-bond acceptors (Lipinski definition) is 1. The van der Waals surface area contributed by atoms with Crippen LogP contribution in [0, 0.1) is 17.7 Å². The van der Waals surface area contributed by atoms with E-state index in [-0.39, 0.29) is 11.9 Å². The minimum Gasteiger partial charge on any atom is -0.310 e. The Kier molecular flexibility index (Phi) is 4.68. The van der Waals surface area contributed by atoms with E-state index in [0.717, 1.165) is 19.4 Å². The number of nitrogens with one attached hydrogen (secondary N) is 1. The van der Waals surface area contributed by atoms with E-state index in [4.69, 9.17) is 11.6 Å². The largest absolute Gasteiger partial charge is 0.310 e. The summed E-state index contributed by atoms with van der Waals surface area (Å²) in [5, 5.41) is 4.02. The van der Waals surface area contributed by atoms with E-state index in [0.29, 0.717) is 26.9 Å². The van der Waals surface area contributed by atoms with Crippen molar-refractivity contribution in [3.63, 3.8) is 0 Å². The zero-order valence-corrected chi connectivity index (χ0v) is 13.0. The van der Waals surface area contributed by atoms with Crippen LogP contribution in [0.1, 0.15) is 38.3 Å². The summed E-state index contributed by atoms with van der Waals surface area (Å²) in [5.74, 6) is 1.02. The van der Waals surface area contributed by atoms with Gasteiger partial charge in [-0.15, -0.1) is 0 Å². The van der Waals surface area contributed by atoms with Gasteiger partial charge in [0.2, 0.25) is 0 Å². The summed E-state index contributed by atoms with van der Waals surface area (Å²) in [6, 6.07) is 3.30. The van der Waals surface area contributed by atoms with Crippen molar-refractivity contribution in [2.24, 2.45) is 11.8 Å². The average molecular weight is 335 g/mol. The molecule has 0 radical (unpaired) electrons. The smallest absolute Gasteiger partial charge is 0.129 e. The van der Waals surface area contributed by atoms with Gasteiger partial charge in [-0.05, 0) is 59.3 Å². The molecule has 4 heteroatoms. The molecule has 1 aliphatic carbocycles. The molecule has 0 amide bonds. The quantitative estimate of drug-likeness (QED) is 0.752. The molecule has 3 unspecified atom stereocenters. The molecule has 1 aromatic rings. The van der Waals surface area contributed by atoms with Gasteiger partial charge >= 0.3 is 0 Å². The van der Waals surface area contributed by atoms with Gasteiger partial charge < -0.3 is 5.32 Å². The van der Waals surface area contributed by atoms with Crippen molar-refractivity contribution in [3.8, 4) is 0 Å². The van der Waals surface area contributed by atoms with Crippen molar-refractivity contribution >= 4 is 27.5 Å². The Morgan fingerprint density at radius 3 is 2.78 bits per heavy atom. The normalized spacial score (nSPS) is 24.1. The zero-order chi connectivity index (χ0) is 13.3. The van der Waals surface area contributed by atoms with Crippen molar-refractivity contribution in [2.45, 2.75) is 32.7 Å². The molecule has 0 aromatic heterocycles. The van der Waals surface area contributed by atoms with Gasteiger partial charge in [-0.3, -0.25) is 0 Å². The van der Waals surface area contributed by atoms with Crippen LogP contribution in [0.25, 0.3) is 0 Å². The second-order valence-corrected chi connectivity index (χ2v) is 6.36. The summed E-state index contributed by atoms with van der Waals surface area (Å²) in [7, 11) is 0. The summed E-state index contributed by atoms with van der Waals surface area (Å²) in [6.45, 7) is 5.23. The average Bonchev–Trinajstić information content (AvgIpc) is 3.03. The van der Waals surface area contributed by atoms with E-state index in [2.05, 4.69) is 35.1 Å². The highest BCUT2D eigenvalue weighted by Gasteiger charge is 2.40. The molecule has 1 saturated carbocycles. The van der Waals surface area contributed by atoms with Gasteiger partial charge in [0.25, 0.3) is 0 Å². The number of hydrogen-bond donors (Lipinski definition) is 1. The maximum absolute atomic E-state index is 14.1. The number of rotatable bonds is 5. The van der Waals surface area contributed by atoms with Crippen molar-refractivity contribution in [2.75, 3.05) is 6.54 Å². The van der Waals surface area contributed by atoms with E-state index in [1.165, 1.54) is 6.07 Å². The Balaban J connectivity index is 2.27. The maximum atomic E-state index is 14.1. The summed E-state index contributed by atoms with van der Waals surface area (Å²) in [6.07, 6.45) is 2.21. The van der Waals surface area contributed by atoms with Crippen molar-refractivity contribution in [1.82, 2.24) is 5.32 Å². The Hall–Kier alpha value is -0.120. The minimum absolute atomic E-state index is 0.0885. The van der Waals surface area contributed by atoms with Crippen molar-refractivity contribution in [1.29, 1.82) is 0 Å². The van der Waals surface area contributed by atoms with Crippen LogP contribution in [0.2, 0.25) is 5.02 Å². The van der Waals surface area contributed by atoms with Crippen LogP contribution in [0.3, 0.4) is 0 Å². The minimum atomic E-state index is -0.182. The van der Waals surface area contributed by atoms with E-state index >= 15 is 0 Å². The molecular formula is C14H18BrClFN. The van der Waals surface area contributed by atoms with Gasteiger partial charge in [0, 0.05) is 16.1 Å². The molecule has 1 N–H and O–H groups in total. The first kappa shape index (κ1) is 14.3. The molecule has 0 bridgehead atoms. The molecule has 0 spiro atoms. The molecule has 100 valence electrons. The molecule has 18 heavy (non-hydrogen) atoms. The summed E-state index contributed by atoms with van der Waals surface area (Å²) in [4.78, 5) is 0. The van der Waals surface area contributed by atoms with Crippen molar-refractivity contribution in [3.05, 3.63) is 33.0 Å². The predicted octanol–water partition coefficient (Wildman–Crippen LogP) is 4.94. The van der Waals surface area contributed by atoms with E-state index in [9.17, 15) is 4.39 Å². The molecule has 0 aliphatic heterocycles. The van der Waals surface area contributed by atoms with Gasteiger partial charge in [-0.2, -0.15) is 0 Å². The molecule has 1 nitrogen and oxygen atoms in total. The summed E-state index contributed by atoms with van der Waals surface area (Å²) >= 11 is 9.34. The fourth-order valence-electron chi connectivity index (χ4n) is 2.38. The molecule has 2 rings (SSSR count). The van der Waals surface area contributed by atoms with Crippen LogP contribution in [0.15, 0.2) is 16.6 Å². The molecule has 3 atom stereocenters. The molecule has 0 heterocycles. The van der Waals surface area contributed by atoms with E-state index in [1.807, 2.05) is 0 Å². The van der Waals surface area contributed by atoms with Crippen LogP contribution in [0.4, 0.5) is 4.39 Å². The Bertz CT molecular complexity index is 438. The molecule has 1 aliphatic rings. The van der Waals surface area contributed by atoms with Gasteiger partial charge in [-0.25, -0.2) is 4.39 Å². The fraction of sp³-hybridized carbons (Fsp3) is 0.571. The van der Waals surface area contributed by atoms with Gasteiger partial charge in [0.15, 0.2) is 0 Å². The standard InChI is InChI=1S/C14H18BrClFN/c1-3-4-18-14(9-5-8(9)2)10-6-12(16)11(15)7-13(10)17/h6-9,14,18H,3-5H2,1-2H3. The lowest BCUT2D eigenvalue weighted by atomic mass is 10.0. The van der Waals surface area contributed by atoms with Gasteiger partial charge in [0.05, 0.1) is 5.02 Å². The maximum Gasteiger partial charge on any atom is 0.129 e. The van der Waals surface area contributed by atoms with E-state index < -0.39 is 0 Å². The molecular weight excluding hydrogens is 317 g/mol. The Morgan fingerprint density at radius 1 is 1.56 bits per heavy atom. The SMILES string of the molecule is CCCNC(c1cc(Cl)c(Br)cc1F)C1CC1C. The third-order valence-corrected chi connectivity index (χ3v) is 4.79. The fourth-order valence-corrected chi connectivity index (χ4v) is 2.87. The molecule has 1 fully saturated rings. The molecule has 1 aromatic carbocycles. The van der Waals surface area contributed by atoms with Gasteiger partial charge in [0.1, 0.15) is 5.82 Å². The summed E-state index contributed by atoms with van der Waals surface area (Å²) in [5.41, 5.74) is 0.700. The lowest BCUT2D eigenvalue weighted by molar-refractivity contribution is 0.442. The van der Waals surface area contributed by atoms with Crippen LogP contribution in [-0.4, -0.2) is 6.54 Å². The zero-order valence-electron chi connectivity index (χ0n) is 10.6. The Morgan fingerprint density at radius 2 is 2.22 bits per heavy atom. The first-order valence-electron chi connectivity index (χ1n) is 6.42. The third-order valence-electron chi connectivity index (χ3n) is 3.59. The summed E-state index contributed by atoms with van der Waals surface area (Å²) < 4.78 is 14.7. The highest BCUT2D eigenvalue weighted by molar-refractivity contribution is 9.10. The Labute approximate surface area is 121 Å². The van der Waals surface area contributed by atoms with Gasteiger partial charge in [-0.1, -0.05) is 25.4 Å². The highest BCUT2D eigenvalue weighted by atomic mass is 79.9. The van der Waals surface area contributed by atoms with Crippen LogP contribution < -0.4 is 5.32 Å².